The van der Waals surface area contributed by atoms with Crippen LogP contribution in [0.25, 0.3) is 12.2 Å². The Balaban J connectivity index is 1.93. The Morgan fingerprint density at radius 3 is 2.27 bits per heavy atom. The topological polar surface area (TPSA) is 55.8 Å². The van der Waals surface area contributed by atoms with Crippen molar-refractivity contribution >= 4 is 17.9 Å². The second-order valence-corrected chi connectivity index (χ2v) is 6.20. The third-order valence-corrected chi connectivity index (χ3v) is 4.47. The van der Waals surface area contributed by atoms with E-state index in [0.29, 0.717) is 11.5 Å². The van der Waals surface area contributed by atoms with E-state index in [1.165, 1.54) is 0 Å². The van der Waals surface area contributed by atoms with Crippen LogP contribution >= 0.6 is 0 Å². The highest BCUT2D eigenvalue weighted by atomic mass is 16.5. The van der Waals surface area contributed by atoms with E-state index in [4.69, 9.17) is 9.47 Å². The Hall–Kier alpha value is -3.01. The van der Waals surface area contributed by atoms with Gasteiger partial charge in [0.15, 0.2) is 17.3 Å². The van der Waals surface area contributed by atoms with Crippen molar-refractivity contribution in [2.24, 2.45) is 0 Å². The predicted octanol–water partition coefficient (Wildman–Crippen LogP) is 4.63. The van der Waals surface area contributed by atoms with E-state index in [-0.39, 0.29) is 11.5 Å². The number of phenolic OH excluding ortho intramolecular Hbond substituents is 1. The SMILES string of the molecule is COc1cccc(/C=C2\CCC/C(=C\c3ccc(O)cc3)C2=O)c1OC. The van der Waals surface area contributed by atoms with E-state index in [9.17, 15) is 9.90 Å². The van der Waals surface area contributed by atoms with Crippen molar-refractivity contribution in [3.63, 3.8) is 0 Å². The second kappa shape index (κ2) is 7.91. The van der Waals surface area contributed by atoms with Crippen molar-refractivity contribution in [1.29, 1.82) is 0 Å². The van der Waals surface area contributed by atoms with E-state index < -0.39 is 0 Å². The molecule has 0 radical (unpaired) electrons. The first-order chi connectivity index (χ1) is 12.6. The monoisotopic (exact) mass is 350 g/mol. The van der Waals surface area contributed by atoms with E-state index in [0.717, 1.165) is 41.5 Å². The fourth-order valence-corrected chi connectivity index (χ4v) is 3.16. The standard InChI is InChI=1S/C22H22O4/c1-25-20-8-4-7-18(22(20)26-2)14-17-6-3-5-16(21(17)24)13-15-9-11-19(23)12-10-15/h4,7-14,23H,3,5-6H2,1-2H3/b16-13+,17-14+. The molecule has 0 saturated heterocycles. The molecule has 0 unspecified atom stereocenters. The molecule has 1 N–H and O–H groups in total. The van der Waals surface area contributed by atoms with Gasteiger partial charge in [0.05, 0.1) is 14.2 Å². The van der Waals surface area contributed by atoms with Gasteiger partial charge in [0.25, 0.3) is 0 Å². The summed E-state index contributed by atoms with van der Waals surface area (Å²) in [6, 6.07) is 12.5. The van der Waals surface area contributed by atoms with Gasteiger partial charge < -0.3 is 14.6 Å². The van der Waals surface area contributed by atoms with Crippen LogP contribution in [0.2, 0.25) is 0 Å². The minimum absolute atomic E-state index is 0.0641. The first-order valence-electron chi connectivity index (χ1n) is 8.58. The zero-order chi connectivity index (χ0) is 18.5. The Morgan fingerprint density at radius 1 is 0.923 bits per heavy atom. The summed E-state index contributed by atoms with van der Waals surface area (Å²) in [4.78, 5) is 12.9. The largest absolute Gasteiger partial charge is 0.508 e. The molecule has 0 aliphatic heterocycles. The lowest BCUT2D eigenvalue weighted by molar-refractivity contribution is -0.112. The molecule has 2 aromatic rings. The van der Waals surface area contributed by atoms with Crippen LogP contribution in [0.1, 0.15) is 30.4 Å². The van der Waals surface area contributed by atoms with Crippen LogP contribution in [0.3, 0.4) is 0 Å². The fraction of sp³-hybridized carbons (Fsp3) is 0.227. The lowest BCUT2D eigenvalue weighted by Gasteiger charge is -2.17. The van der Waals surface area contributed by atoms with Gasteiger partial charge in [-0.1, -0.05) is 24.3 Å². The van der Waals surface area contributed by atoms with Crippen LogP contribution < -0.4 is 9.47 Å². The molecule has 3 rings (SSSR count). The Bertz CT molecular complexity index is 860. The molecule has 1 saturated carbocycles. The number of rotatable bonds is 4. The van der Waals surface area contributed by atoms with Gasteiger partial charge in [-0.05, 0) is 55.2 Å². The maximum absolute atomic E-state index is 12.9. The van der Waals surface area contributed by atoms with Gasteiger partial charge in [0.2, 0.25) is 0 Å². The van der Waals surface area contributed by atoms with E-state index in [1.54, 1.807) is 38.5 Å². The van der Waals surface area contributed by atoms with Gasteiger partial charge in [0.1, 0.15) is 5.75 Å². The highest BCUT2D eigenvalue weighted by Gasteiger charge is 2.21. The number of ketones is 1. The quantitative estimate of drug-likeness (QED) is 0.817. The lowest BCUT2D eigenvalue weighted by Crippen LogP contribution is -2.12. The van der Waals surface area contributed by atoms with Crippen molar-refractivity contribution < 1.29 is 19.4 Å². The molecule has 4 nitrogen and oxygen atoms in total. The number of para-hydroxylation sites is 1. The predicted molar refractivity (Wildman–Crippen MR) is 102 cm³/mol. The molecule has 0 amide bonds. The van der Waals surface area contributed by atoms with Gasteiger partial charge in [0, 0.05) is 16.7 Å². The third kappa shape index (κ3) is 3.80. The molecule has 1 aliphatic rings. The summed E-state index contributed by atoms with van der Waals surface area (Å²) < 4.78 is 10.8. The van der Waals surface area contributed by atoms with Crippen LogP contribution in [0.4, 0.5) is 0 Å². The molecular weight excluding hydrogens is 328 g/mol. The number of carbonyl (C=O) groups excluding carboxylic acids is 1. The number of allylic oxidation sites excluding steroid dienone is 2. The van der Waals surface area contributed by atoms with Crippen LogP contribution in [-0.4, -0.2) is 25.1 Å². The van der Waals surface area contributed by atoms with Gasteiger partial charge >= 0.3 is 0 Å². The molecule has 0 heterocycles. The smallest absolute Gasteiger partial charge is 0.185 e. The summed E-state index contributed by atoms with van der Waals surface area (Å²) in [5.41, 5.74) is 3.30. The van der Waals surface area contributed by atoms with Crippen LogP contribution in [-0.2, 0) is 4.79 Å². The maximum atomic E-state index is 12.9. The number of aromatic hydroxyl groups is 1. The molecule has 26 heavy (non-hydrogen) atoms. The number of benzene rings is 2. The minimum Gasteiger partial charge on any atom is -0.508 e. The molecular formula is C22H22O4. The zero-order valence-electron chi connectivity index (χ0n) is 15.0. The van der Waals surface area contributed by atoms with E-state index >= 15 is 0 Å². The number of hydrogen-bond donors (Lipinski definition) is 1. The molecule has 0 spiro atoms. The average molecular weight is 350 g/mol. The van der Waals surface area contributed by atoms with Crippen LogP contribution in [0.15, 0.2) is 53.6 Å². The molecule has 0 bridgehead atoms. The first kappa shape index (κ1) is 17.8. The number of methoxy groups -OCH3 is 2. The van der Waals surface area contributed by atoms with Crippen molar-refractivity contribution in [1.82, 2.24) is 0 Å². The Labute approximate surface area is 153 Å². The van der Waals surface area contributed by atoms with Crippen molar-refractivity contribution in [3.05, 3.63) is 64.7 Å². The number of ether oxygens (including phenoxy) is 2. The van der Waals surface area contributed by atoms with Gasteiger partial charge in [-0.3, -0.25) is 4.79 Å². The molecule has 4 heteroatoms. The number of Topliss-reactive ketones (excluding diaryl/α,β-unsaturated/α-hetero) is 1. The van der Waals surface area contributed by atoms with E-state index in [2.05, 4.69) is 0 Å². The van der Waals surface area contributed by atoms with Gasteiger partial charge in [-0.2, -0.15) is 0 Å². The Kier molecular flexibility index (Phi) is 5.42. The first-order valence-corrected chi connectivity index (χ1v) is 8.58. The number of hydrogen-bond acceptors (Lipinski definition) is 4. The van der Waals surface area contributed by atoms with Crippen LogP contribution in [0.5, 0.6) is 17.2 Å². The fourth-order valence-electron chi connectivity index (χ4n) is 3.16. The van der Waals surface area contributed by atoms with Gasteiger partial charge in [-0.25, -0.2) is 0 Å². The summed E-state index contributed by atoms with van der Waals surface area (Å²) >= 11 is 0. The summed E-state index contributed by atoms with van der Waals surface area (Å²) in [5.74, 6) is 1.55. The molecule has 1 fully saturated rings. The molecule has 0 atom stereocenters. The highest BCUT2D eigenvalue weighted by Crippen LogP contribution is 2.34. The average Bonchev–Trinajstić information content (AvgIpc) is 2.66. The van der Waals surface area contributed by atoms with Crippen LogP contribution in [0, 0.1) is 0 Å². The van der Waals surface area contributed by atoms with E-state index in [1.807, 2.05) is 30.4 Å². The Morgan fingerprint density at radius 2 is 1.62 bits per heavy atom. The molecule has 2 aromatic carbocycles. The summed E-state index contributed by atoms with van der Waals surface area (Å²) in [5, 5.41) is 9.39. The summed E-state index contributed by atoms with van der Waals surface area (Å²) in [7, 11) is 3.19. The molecule has 0 aromatic heterocycles. The lowest BCUT2D eigenvalue weighted by atomic mass is 9.86. The number of carbonyl (C=O) groups is 1. The van der Waals surface area contributed by atoms with Crippen molar-refractivity contribution in [2.75, 3.05) is 14.2 Å². The van der Waals surface area contributed by atoms with Crippen molar-refractivity contribution in [2.45, 2.75) is 19.3 Å². The highest BCUT2D eigenvalue weighted by molar-refractivity contribution is 6.14. The minimum atomic E-state index is 0.0641. The normalized spacial score (nSPS) is 17.5. The zero-order valence-corrected chi connectivity index (χ0v) is 15.0. The third-order valence-electron chi connectivity index (χ3n) is 4.47. The molecule has 134 valence electrons. The van der Waals surface area contributed by atoms with Crippen molar-refractivity contribution in [3.8, 4) is 17.2 Å². The second-order valence-electron chi connectivity index (χ2n) is 6.20. The molecule has 1 aliphatic carbocycles. The van der Waals surface area contributed by atoms with Gasteiger partial charge in [-0.15, -0.1) is 0 Å². The summed E-state index contributed by atoms with van der Waals surface area (Å²) in [6.07, 6.45) is 6.22. The maximum Gasteiger partial charge on any atom is 0.185 e. The summed E-state index contributed by atoms with van der Waals surface area (Å²) in [6.45, 7) is 0. The number of phenols is 1.